The van der Waals surface area contributed by atoms with E-state index in [9.17, 15) is 0 Å². The van der Waals surface area contributed by atoms with Crippen molar-refractivity contribution in [3.8, 4) is 0 Å². The summed E-state index contributed by atoms with van der Waals surface area (Å²) in [5, 5.41) is 0. The van der Waals surface area contributed by atoms with Gasteiger partial charge in [-0.05, 0) is 166 Å². The number of halogens is 1. The minimum absolute atomic E-state index is 0. The van der Waals surface area contributed by atoms with Crippen molar-refractivity contribution in [2.75, 3.05) is 0 Å². The second-order valence-corrected chi connectivity index (χ2v) is 20.6. The smallest absolute Gasteiger partial charge is 0.215 e. The van der Waals surface area contributed by atoms with Gasteiger partial charge in [0, 0.05) is 72.5 Å². The van der Waals surface area contributed by atoms with E-state index in [4.69, 9.17) is 11.1 Å². The predicted octanol–water partition coefficient (Wildman–Crippen LogP) is 8.47. The highest BCUT2D eigenvalue weighted by Gasteiger charge is 2.47. The third-order valence-corrected chi connectivity index (χ3v) is 17.0. The van der Waals surface area contributed by atoms with Crippen molar-refractivity contribution in [2.24, 2.45) is 0 Å². The maximum atomic E-state index is 6.75. The largest absolute Gasteiger partial charge is 1.00 e. The van der Waals surface area contributed by atoms with Gasteiger partial charge in [0.1, 0.15) is 0 Å². The lowest BCUT2D eigenvalue weighted by atomic mass is 10.3. The Labute approximate surface area is 310 Å². The molecule has 48 heavy (non-hydrogen) atoms. The maximum Gasteiger partial charge on any atom is 0.215 e. The Hall–Kier alpha value is 0.220. The van der Waals surface area contributed by atoms with Gasteiger partial charge >= 0.3 is 0 Å². The lowest BCUT2D eigenvalue weighted by Crippen LogP contribution is -3.00. The molecule has 0 atom stereocenters. The first-order valence-electron chi connectivity index (χ1n) is 18.7. The van der Waals surface area contributed by atoms with E-state index in [2.05, 4.69) is 194 Å². The van der Waals surface area contributed by atoms with Crippen molar-refractivity contribution in [2.45, 2.75) is 239 Å². The second kappa shape index (κ2) is 26.9. The molecule has 0 saturated heterocycles. The molecule has 0 bridgehead atoms. The molecule has 0 aromatic rings. The van der Waals surface area contributed by atoms with Crippen LogP contribution in [0.15, 0.2) is 0 Å². The summed E-state index contributed by atoms with van der Waals surface area (Å²) >= 11 is 0. The number of hydrogen-bond donors (Lipinski definition) is 0. The molecule has 0 aliphatic carbocycles. The molecule has 292 valence electrons. The van der Waals surface area contributed by atoms with Crippen molar-refractivity contribution in [1.82, 2.24) is 28.0 Å². The molecule has 0 amide bonds. The van der Waals surface area contributed by atoms with E-state index in [1.807, 2.05) is 0 Å². The van der Waals surface area contributed by atoms with E-state index < -0.39 is 16.7 Å². The van der Waals surface area contributed by atoms with Crippen LogP contribution in [0.2, 0.25) is 0 Å². The first kappa shape index (κ1) is 55.0. The minimum atomic E-state index is -0.957. The minimum Gasteiger partial charge on any atom is -1.00 e. The van der Waals surface area contributed by atoms with E-state index in [1.54, 1.807) is 0 Å². The molecular weight excluding hydrogens is 656 g/mol. The Morgan fingerprint density at radius 3 is 0.375 bits per heavy atom. The summed E-state index contributed by atoms with van der Waals surface area (Å²) in [5.41, 5.74) is 13.5. The molecule has 12 heteroatoms. The average Bonchev–Trinajstić information content (AvgIpc) is 2.82. The summed E-state index contributed by atoms with van der Waals surface area (Å²) in [5.74, 6) is 0. The first-order valence-corrected chi connectivity index (χ1v) is 21.4. The third kappa shape index (κ3) is 18.1. The Morgan fingerprint density at radius 1 is 0.271 bits per heavy atom. The van der Waals surface area contributed by atoms with Crippen LogP contribution in [0, 0.1) is 0 Å². The fourth-order valence-corrected chi connectivity index (χ4v) is 14.3. The van der Waals surface area contributed by atoms with Gasteiger partial charge in [-0.15, -0.1) is 28.0 Å². The van der Waals surface area contributed by atoms with Gasteiger partial charge in [-0.3, -0.25) is 4.91 Å². The number of rotatable bonds is 18. The molecule has 0 aliphatic heterocycles. The lowest BCUT2D eigenvalue weighted by Gasteiger charge is -2.46. The zero-order valence-corrected chi connectivity index (χ0v) is 39.1. The molecular formula is C36H86ClN9P2. The molecule has 0 saturated carbocycles. The normalized spacial score (nSPS) is 12.9. The highest BCUT2D eigenvalue weighted by Crippen LogP contribution is 2.55. The zero-order chi connectivity index (χ0) is 38.3. The SMILES string of the molecule is CC(C)N(C(C)C)[PH+](N(C(C)C)C(C)C)N(C(C)C)C(C)C.CC(C)N(C(C)C)[PH+](N(C(C)C)C(C)C)N(C(C)C)C(C)C.[Cl-].[N-]=[N+]=[N-]. The molecule has 0 N–H and O–H groups in total. The third-order valence-electron chi connectivity index (χ3n) is 8.06. The van der Waals surface area contributed by atoms with Crippen molar-refractivity contribution in [3.05, 3.63) is 16.0 Å². The Morgan fingerprint density at radius 2 is 0.333 bits per heavy atom. The van der Waals surface area contributed by atoms with Gasteiger partial charge in [0.25, 0.3) is 0 Å². The lowest BCUT2D eigenvalue weighted by molar-refractivity contribution is -0.0000173. The molecule has 0 aliphatic rings. The van der Waals surface area contributed by atoms with Crippen LogP contribution in [0.5, 0.6) is 0 Å². The quantitative estimate of drug-likeness (QED) is 0.0607. The molecule has 0 heterocycles. The van der Waals surface area contributed by atoms with E-state index in [0.717, 1.165) is 0 Å². The fourth-order valence-electron chi connectivity index (χ4n) is 7.15. The van der Waals surface area contributed by atoms with Crippen LogP contribution in [-0.2, 0) is 0 Å². The van der Waals surface area contributed by atoms with Gasteiger partial charge in [-0.25, -0.2) is 0 Å². The summed E-state index contributed by atoms with van der Waals surface area (Å²) in [6.07, 6.45) is 0. The summed E-state index contributed by atoms with van der Waals surface area (Å²) in [7, 11) is -1.91. The summed E-state index contributed by atoms with van der Waals surface area (Å²) < 4.78 is 16.6. The topological polar surface area (TPSA) is 78.1 Å². The molecule has 0 radical (unpaired) electrons. The second-order valence-electron chi connectivity index (χ2n) is 16.3. The van der Waals surface area contributed by atoms with E-state index >= 15 is 0 Å². The Kier molecular flexibility index (Phi) is 30.8. The molecule has 9 nitrogen and oxygen atoms in total. The van der Waals surface area contributed by atoms with Gasteiger partial charge in [0.2, 0.25) is 16.7 Å². The highest BCUT2D eigenvalue weighted by molar-refractivity contribution is 7.50. The first-order chi connectivity index (χ1) is 21.3. The van der Waals surface area contributed by atoms with Crippen LogP contribution in [-0.4, -0.2) is 101 Å². The molecule has 0 unspecified atom stereocenters. The Bertz CT molecular complexity index is 612. The van der Waals surface area contributed by atoms with Crippen LogP contribution < -0.4 is 12.4 Å². The van der Waals surface area contributed by atoms with E-state index in [0.29, 0.717) is 72.5 Å². The van der Waals surface area contributed by atoms with Crippen LogP contribution in [0.25, 0.3) is 16.0 Å². The predicted molar refractivity (Wildman–Crippen MR) is 219 cm³/mol. The van der Waals surface area contributed by atoms with Gasteiger partial charge in [-0.2, -0.15) is 0 Å². The van der Waals surface area contributed by atoms with Crippen molar-refractivity contribution in [3.63, 3.8) is 0 Å². The van der Waals surface area contributed by atoms with Crippen molar-refractivity contribution in [1.29, 1.82) is 0 Å². The van der Waals surface area contributed by atoms with Crippen LogP contribution >= 0.6 is 16.7 Å². The van der Waals surface area contributed by atoms with E-state index in [-0.39, 0.29) is 12.4 Å². The van der Waals surface area contributed by atoms with Crippen molar-refractivity contribution < 1.29 is 12.4 Å². The monoisotopic (exact) mass is 742 g/mol. The number of hydrogen-bond acceptors (Lipinski definition) is 6. The summed E-state index contributed by atoms with van der Waals surface area (Å²) in [6, 6.07) is 6.77. The average molecular weight is 743 g/mol. The zero-order valence-electron chi connectivity index (χ0n) is 36.3. The standard InChI is InChI=1S/2C18H42N3P.ClH.N3/c2*1-13(2)19(14(3)4)22(20(15(5)6)16(7)8)21(17(9)10)18(11)12;;1-3-2/h2*13-18H,1-12H3;1H;/q;;;-1/p+1. The molecule has 0 aromatic carbocycles. The molecule has 0 aromatic heterocycles. The molecule has 0 fully saturated rings. The van der Waals surface area contributed by atoms with Crippen LogP contribution in [0.3, 0.4) is 0 Å². The van der Waals surface area contributed by atoms with E-state index in [1.165, 1.54) is 4.91 Å². The fraction of sp³-hybridized carbons (Fsp3) is 1.00. The summed E-state index contributed by atoms with van der Waals surface area (Å²) in [4.78, 5) is 1.50. The van der Waals surface area contributed by atoms with Crippen molar-refractivity contribution >= 4 is 16.7 Å². The molecule has 0 spiro atoms. The number of nitrogens with zero attached hydrogens (tertiary/aromatic N) is 9. The van der Waals surface area contributed by atoms with Gasteiger partial charge in [0.15, 0.2) is 0 Å². The highest BCUT2D eigenvalue weighted by atomic mass is 35.5. The van der Waals surface area contributed by atoms with Gasteiger partial charge in [0.05, 0.1) is 0 Å². The Balaban J connectivity index is -0.000000365. The maximum absolute atomic E-state index is 6.75. The van der Waals surface area contributed by atoms with Crippen LogP contribution in [0.4, 0.5) is 0 Å². The van der Waals surface area contributed by atoms with Crippen LogP contribution in [0.1, 0.15) is 166 Å². The van der Waals surface area contributed by atoms with Gasteiger partial charge in [-0.1, -0.05) is 0 Å². The van der Waals surface area contributed by atoms with Gasteiger partial charge < -0.3 is 23.5 Å². The molecule has 0 rings (SSSR count). The summed E-state index contributed by atoms with van der Waals surface area (Å²) in [6.45, 7) is 56.4.